The Hall–Kier alpha value is -1.02. The summed E-state index contributed by atoms with van der Waals surface area (Å²) in [6, 6.07) is 8.59. The lowest BCUT2D eigenvalue weighted by molar-refractivity contribution is 0.309. The van der Waals surface area contributed by atoms with Crippen molar-refractivity contribution in [2.45, 2.75) is 52.0 Å². The van der Waals surface area contributed by atoms with Gasteiger partial charge in [-0.3, -0.25) is 0 Å². The highest BCUT2D eigenvalue weighted by Crippen LogP contribution is 2.48. The van der Waals surface area contributed by atoms with Gasteiger partial charge >= 0.3 is 0 Å². The molecule has 0 amide bonds. The zero-order valence-corrected chi connectivity index (χ0v) is 13.3. The van der Waals surface area contributed by atoms with E-state index in [9.17, 15) is 0 Å². The van der Waals surface area contributed by atoms with Crippen LogP contribution >= 0.6 is 0 Å². The number of benzene rings is 1. The van der Waals surface area contributed by atoms with Gasteiger partial charge in [-0.15, -0.1) is 0 Å². The van der Waals surface area contributed by atoms with E-state index in [2.05, 4.69) is 36.5 Å². The third kappa shape index (κ3) is 4.74. The van der Waals surface area contributed by atoms with E-state index in [-0.39, 0.29) is 0 Å². The Balaban J connectivity index is 1.38. The third-order valence-electron chi connectivity index (χ3n) is 4.85. The monoisotopic (exact) mass is 287 g/mol. The van der Waals surface area contributed by atoms with Crippen LogP contribution in [0.2, 0.25) is 0 Å². The molecule has 0 aromatic heterocycles. The van der Waals surface area contributed by atoms with E-state index in [4.69, 9.17) is 4.74 Å². The molecule has 1 aromatic carbocycles. The van der Waals surface area contributed by atoms with E-state index < -0.39 is 0 Å². The van der Waals surface area contributed by atoms with Gasteiger partial charge in [0.25, 0.3) is 0 Å². The fourth-order valence-corrected chi connectivity index (χ4v) is 3.19. The van der Waals surface area contributed by atoms with Crippen LogP contribution in [0.5, 0.6) is 5.75 Å². The molecule has 2 heteroatoms. The Kier molecular flexibility index (Phi) is 5.18. The summed E-state index contributed by atoms with van der Waals surface area (Å²) in [6.07, 6.45) is 8.23. The maximum absolute atomic E-state index is 5.70. The molecule has 2 nitrogen and oxygen atoms in total. The summed E-state index contributed by atoms with van der Waals surface area (Å²) in [5.41, 5.74) is 1.36. The predicted octanol–water partition coefficient (Wildman–Crippen LogP) is 4.39. The minimum Gasteiger partial charge on any atom is -0.494 e. The Labute approximate surface area is 129 Å². The van der Waals surface area contributed by atoms with Crippen molar-refractivity contribution in [2.24, 2.45) is 17.8 Å². The molecule has 2 fully saturated rings. The zero-order chi connectivity index (χ0) is 14.5. The molecule has 0 atom stereocenters. The highest BCUT2D eigenvalue weighted by molar-refractivity contribution is 5.27. The first-order valence-corrected chi connectivity index (χ1v) is 8.79. The zero-order valence-electron chi connectivity index (χ0n) is 13.3. The van der Waals surface area contributed by atoms with Crippen LogP contribution in [0.4, 0.5) is 0 Å². The van der Waals surface area contributed by atoms with Crippen LogP contribution in [0, 0.1) is 17.8 Å². The van der Waals surface area contributed by atoms with Crippen molar-refractivity contribution in [1.82, 2.24) is 5.32 Å². The van der Waals surface area contributed by atoms with Crippen molar-refractivity contribution in [3.05, 3.63) is 29.8 Å². The van der Waals surface area contributed by atoms with Crippen molar-refractivity contribution in [3.63, 3.8) is 0 Å². The summed E-state index contributed by atoms with van der Waals surface area (Å²) >= 11 is 0. The summed E-state index contributed by atoms with van der Waals surface area (Å²) < 4.78 is 5.70. The summed E-state index contributed by atoms with van der Waals surface area (Å²) in [5.74, 6) is 4.04. The highest BCUT2D eigenvalue weighted by atomic mass is 16.5. The molecule has 21 heavy (non-hydrogen) atoms. The number of ether oxygens (including phenoxy) is 1. The van der Waals surface area contributed by atoms with Crippen molar-refractivity contribution in [1.29, 1.82) is 0 Å². The first kappa shape index (κ1) is 14.9. The summed E-state index contributed by atoms with van der Waals surface area (Å²) in [6.45, 7) is 5.22. The first-order valence-electron chi connectivity index (χ1n) is 8.79. The van der Waals surface area contributed by atoms with Crippen LogP contribution in [-0.2, 0) is 6.54 Å². The highest BCUT2D eigenvalue weighted by Gasteiger charge is 2.40. The lowest BCUT2D eigenvalue weighted by Gasteiger charge is -2.16. The van der Waals surface area contributed by atoms with Gasteiger partial charge in [0.2, 0.25) is 0 Å². The Morgan fingerprint density at radius 1 is 1.10 bits per heavy atom. The van der Waals surface area contributed by atoms with Gasteiger partial charge in [0.15, 0.2) is 0 Å². The Morgan fingerprint density at radius 3 is 2.33 bits per heavy atom. The van der Waals surface area contributed by atoms with Crippen LogP contribution in [0.1, 0.15) is 51.0 Å². The molecule has 1 aromatic rings. The van der Waals surface area contributed by atoms with Gasteiger partial charge < -0.3 is 10.1 Å². The summed E-state index contributed by atoms with van der Waals surface area (Å²) in [4.78, 5) is 0. The molecule has 2 saturated carbocycles. The average Bonchev–Trinajstić information content (AvgIpc) is 3.39. The molecule has 2 aliphatic rings. The molecule has 0 saturated heterocycles. The Morgan fingerprint density at radius 2 is 1.76 bits per heavy atom. The second kappa shape index (κ2) is 7.31. The number of nitrogens with one attached hydrogen (secondary N) is 1. The summed E-state index contributed by atoms with van der Waals surface area (Å²) in [5, 5.41) is 3.68. The maximum Gasteiger partial charge on any atom is 0.119 e. The molecule has 0 radical (unpaired) electrons. The molecule has 0 bridgehead atoms. The quantitative estimate of drug-likeness (QED) is 0.644. The second-order valence-corrected chi connectivity index (χ2v) is 6.82. The molecule has 0 spiro atoms. The van der Waals surface area contributed by atoms with Crippen LogP contribution in [0.15, 0.2) is 24.3 Å². The number of unbranched alkanes of at least 4 members (excludes halogenated alkanes) is 1. The van der Waals surface area contributed by atoms with E-state index in [0.29, 0.717) is 0 Å². The normalized spacial score (nSPS) is 18.2. The molecule has 1 N–H and O–H groups in total. The van der Waals surface area contributed by atoms with Crippen LogP contribution in [0.25, 0.3) is 0 Å². The minimum absolute atomic E-state index is 0.832. The van der Waals surface area contributed by atoms with E-state index in [1.807, 2.05) is 0 Å². The molecule has 0 aliphatic heterocycles. The average molecular weight is 287 g/mol. The molecular formula is C19H29NO. The van der Waals surface area contributed by atoms with E-state index in [1.54, 1.807) is 0 Å². The minimum atomic E-state index is 0.832. The van der Waals surface area contributed by atoms with Crippen molar-refractivity contribution >= 4 is 0 Å². The van der Waals surface area contributed by atoms with Gasteiger partial charge in [0.1, 0.15) is 5.75 Å². The third-order valence-corrected chi connectivity index (χ3v) is 4.85. The molecule has 0 unspecified atom stereocenters. The van der Waals surface area contributed by atoms with Crippen molar-refractivity contribution < 1.29 is 4.74 Å². The standard InChI is InChI=1S/C19H29NO/c1-2-3-12-21-18-10-4-15(5-11-18)13-20-14-19(16-6-7-16)17-8-9-17/h4-5,10-11,16-17,19-20H,2-3,6-9,12-14H2,1H3. The fourth-order valence-electron chi connectivity index (χ4n) is 3.19. The number of rotatable bonds is 10. The van der Waals surface area contributed by atoms with Gasteiger partial charge in [0.05, 0.1) is 6.61 Å². The number of hydrogen-bond donors (Lipinski definition) is 1. The first-order chi connectivity index (χ1) is 10.4. The van der Waals surface area contributed by atoms with Gasteiger partial charge in [-0.1, -0.05) is 25.5 Å². The fraction of sp³-hybridized carbons (Fsp3) is 0.684. The lowest BCUT2D eigenvalue weighted by Crippen LogP contribution is -2.25. The topological polar surface area (TPSA) is 21.3 Å². The lowest BCUT2D eigenvalue weighted by atomic mass is 9.98. The van der Waals surface area contributed by atoms with Gasteiger partial charge in [-0.05, 0) is 74.1 Å². The SMILES string of the molecule is CCCCOc1ccc(CNCC(C2CC2)C2CC2)cc1. The summed E-state index contributed by atoms with van der Waals surface area (Å²) in [7, 11) is 0. The van der Waals surface area contributed by atoms with Crippen molar-refractivity contribution in [3.8, 4) is 5.75 Å². The molecule has 2 aliphatic carbocycles. The van der Waals surface area contributed by atoms with E-state index in [0.717, 1.165) is 43.1 Å². The van der Waals surface area contributed by atoms with Crippen molar-refractivity contribution in [2.75, 3.05) is 13.2 Å². The van der Waals surface area contributed by atoms with Gasteiger partial charge in [-0.25, -0.2) is 0 Å². The molecule has 3 rings (SSSR count). The molecule has 0 heterocycles. The van der Waals surface area contributed by atoms with Crippen LogP contribution < -0.4 is 10.1 Å². The Bertz CT molecular complexity index is 408. The van der Waals surface area contributed by atoms with Crippen LogP contribution in [0.3, 0.4) is 0 Å². The molecular weight excluding hydrogens is 258 g/mol. The van der Waals surface area contributed by atoms with Gasteiger partial charge in [0, 0.05) is 6.54 Å². The molecule has 116 valence electrons. The number of hydrogen-bond acceptors (Lipinski definition) is 2. The smallest absolute Gasteiger partial charge is 0.119 e. The largest absolute Gasteiger partial charge is 0.494 e. The van der Waals surface area contributed by atoms with Gasteiger partial charge in [-0.2, -0.15) is 0 Å². The van der Waals surface area contributed by atoms with E-state index in [1.165, 1.54) is 44.2 Å². The predicted molar refractivity (Wildman–Crippen MR) is 87.5 cm³/mol. The van der Waals surface area contributed by atoms with Crippen LogP contribution in [-0.4, -0.2) is 13.2 Å². The maximum atomic E-state index is 5.70. The second-order valence-electron chi connectivity index (χ2n) is 6.82. The van der Waals surface area contributed by atoms with E-state index >= 15 is 0 Å².